The van der Waals surface area contributed by atoms with E-state index in [1.165, 1.54) is 23.5 Å². The molecule has 2 aromatic rings. The normalized spacial score (nSPS) is 18.1. The van der Waals surface area contributed by atoms with Crippen LogP contribution in [-0.4, -0.2) is 35.0 Å². The highest BCUT2D eigenvalue weighted by Crippen LogP contribution is 2.25. The van der Waals surface area contributed by atoms with Crippen molar-refractivity contribution < 1.29 is 9.18 Å². The number of rotatable bonds is 4. The number of halogens is 1. The monoisotopic (exact) mass is 337 g/mol. The van der Waals surface area contributed by atoms with Crippen LogP contribution in [0, 0.1) is 5.82 Å². The van der Waals surface area contributed by atoms with Crippen LogP contribution >= 0.6 is 23.1 Å². The minimum absolute atomic E-state index is 0.0415. The molecule has 1 unspecified atom stereocenters. The van der Waals surface area contributed by atoms with Crippen LogP contribution in [0.3, 0.4) is 0 Å². The van der Waals surface area contributed by atoms with Gasteiger partial charge in [-0.05, 0) is 12.1 Å². The Kier molecular flexibility index (Phi) is 5.07. The summed E-state index contributed by atoms with van der Waals surface area (Å²) in [6, 6.07) is 6.50. The highest BCUT2D eigenvalue weighted by molar-refractivity contribution is 7.99. The van der Waals surface area contributed by atoms with Crippen LogP contribution in [0.15, 0.2) is 29.6 Å². The summed E-state index contributed by atoms with van der Waals surface area (Å²) in [4.78, 5) is 16.4. The molecule has 116 valence electrons. The summed E-state index contributed by atoms with van der Waals surface area (Å²) in [6.45, 7) is 0.948. The molecule has 1 aromatic carbocycles. The van der Waals surface area contributed by atoms with Crippen molar-refractivity contribution in [2.45, 2.75) is 12.5 Å². The van der Waals surface area contributed by atoms with Crippen LogP contribution in [0.25, 0.3) is 11.3 Å². The lowest BCUT2D eigenvalue weighted by Crippen LogP contribution is -2.39. The maximum atomic E-state index is 13.2. The summed E-state index contributed by atoms with van der Waals surface area (Å²) in [5.74, 6) is 1.72. The predicted molar refractivity (Wildman–Crippen MR) is 89.9 cm³/mol. The van der Waals surface area contributed by atoms with E-state index in [2.05, 4.69) is 15.6 Å². The summed E-state index contributed by atoms with van der Waals surface area (Å²) >= 11 is 3.21. The first-order valence-electron chi connectivity index (χ1n) is 7.03. The number of hydrogen-bond acceptors (Lipinski definition) is 5. The molecule has 1 amide bonds. The Morgan fingerprint density at radius 2 is 2.41 bits per heavy atom. The highest BCUT2D eigenvalue weighted by atomic mass is 32.2. The molecule has 2 N–H and O–H groups in total. The van der Waals surface area contributed by atoms with Gasteiger partial charge in [0.05, 0.1) is 5.69 Å². The number of nitrogens with one attached hydrogen (secondary N) is 2. The maximum absolute atomic E-state index is 13.2. The van der Waals surface area contributed by atoms with Crippen molar-refractivity contribution in [1.82, 2.24) is 10.3 Å². The molecule has 1 saturated heterocycles. The number of anilines is 1. The number of benzene rings is 1. The van der Waals surface area contributed by atoms with Gasteiger partial charge in [0.25, 0.3) is 0 Å². The molecule has 3 rings (SSSR count). The van der Waals surface area contributed by atoms with E-state index in [1.807, 2.05) is 17.1 Å². The Labute approximate surface area is 136 Å². The van der Waals surface area contributed by atoms with Gasteiger partial charge in [0, 0.05) is 41.5 Å². The average molecular weight is 337 g/mol. The zero-order chi connectivity index (χ0) is 15.4. The highest BCUT2D eigenvalue weighted by Gasteiger charge is 2.17. The van der Waals surface area contributed by atoms with Crippen LogP contribution in [0.2, 0.25) is 0 Å². The Balaban J connectivity index is 1.60. The van der Waals surface area contributed by atoms with Gasteiger partial charge in [-0.3, -0.25) is 4.79 Å². The second-order valence-corrected chi connectivity index (χ2v) is 7.03. The first-order valence-corrected chi connectivity index (χ1v) is 9.06. The fourth-order valence-electron chi connectivity index (χ4n) is 2.26. The first kappa shape index (κ1) is 15.5. The molecule has 1 aliphatic heterocycles. The molecule has 0 saturated carbocycles. The van der Waals surface area contributed by atoms with Crippen molar-refractivity contribution in [1.29, 1.82) is 0 Å². The third-order valence-electron chi connectivity index (χ3n) is 3.30. The van der Waals surface area contributed by atoms with Gasteiger partial charge in [-0.2, -0.15) is 11.8 Å². The molecule has 22 heavy (non-hydrogen) atoms. The van der Waals surface area contributed by atoms with Crippen LogP contribution < -0.4 is 10.6 Å². The van der Waals surface area contributed by atoms with Gasteiger partial charge in [0.2, 0.25) is 5.91 Å². The Morgan fingerprint density at radius 3 is 3.18 bits per heavy atom. The number of thioether (sulfide) groups is 1. The van der Waals surface area contributed by atoms with Gasteiger partial charge in [-0.25, -0.2) is 9.37 Å². The number of carbonyl (C=O) groups excluding carboxylic acids is 1. The van der Waals surface area contributed by atoms with Crippen LogP contribution in [0.1, 0.15) is 6.42 Å². The van der Waals surface area contributed by atoms with Crippen molar-refractivity contribution >= 4 is 34.1 Å². The fourth-order valence-corrected chi connectivity index (χ4v) is 3.94. The summed E-state index contributed by atoms with van der Waals surface area (Å²) in [7, 11) is 0. The summed E-state index contributed by atoms with van der Waals surface area (Å²) in [5, 5.41) is 8.52. The molecule has 0 radical (unpaired) electrons. The van der Waals surface area contributed by atoms with Crippen LogP contribution in [0.4, 0.5) is 9.52 Å². The Hall–Kier alpha value is -1.44. The van der Waals surface area contributed by atoms with Crippen molar-refractivity contribution in [2.24, 2.45) is 0 Å². The molecule has 2 heterocycles. The van der Waals surface area contributed by atoms with Crippen molar-refractivity contribution in [3.63, 3.8) is 0 Å². The van der Waals surface area contributed by atoms with Gasteiger partial charge in [-0.15, -0.1) is 11.3 Å². The van der Waals surface area contributed by atoms with Gasteiger partial charge >= 0.3 is 0 Å². The Bertz CT molecular complexity index is 656. The SMILES string of the molecule is O=C(CC1CSCCN1)Nc1nc(-c2cccc(F)c2)cs1. The predicted octanol–water partition coefficient (Wildman–Crippen LogP) is 2.98. The molecular weight excluding hydrogens is 321 g/mol. The third-order valence-corrected chi connectivity index (χ3v) is 5.19. The lowest BCUT2D eigenvalue weighted by atomic mass is 10.2. The van der Waals surface area contributed by atoms with E-state index in [4.69, 9.17) is 0 Å². The topological polar surface area (TPSA) is 54.0 Å². The van der Waals surface area contributed by atoms with Crippen LogP contribution in [-0.2, 0) is 4.79 Å². The third kappa shape index (κ3) is 4.06. The van der Waals surface area contributed by atoms with Crippen molar-refractivity contribution in [3.05, 3.63) is 35.5 Å². The van der Waals surface area contributed by atoms with Crippen molar-refractivity contribution in [2.75, 3.05) is 23.4 Å². The molecule has 7 heteroatoms. The average Bonchev–Trinajstić information content (AvgIpc) is 2.96. The first-order chi connectivity index (χ1) is 10.7. The number of nitrogens with zero attached hydrogens (tertiary/aromatic N) is 1. The smallest absolute Gasteiger partial charge is 0.227 e. The number of thiazole rings is 1. The summed E-state index contributed by atoms with van der Waals surface area (Å²) in [6.07, 6.45) is 0.446. The second-order valence-electron chi connectivity index (χ2n) is 5.03. The summed E-state index contributed by atoms with van der Waals surface area (Å²) in [5.41, 5.74) is 1.38. The molecule has 0 spiro atoms. The lowest BCUT2D eigenvalue weighted by molar-refractivity contribution is -0.116. The van der Waals surface area contributed by atoms with E-state index >= 15 is 0 Å². The van der Waals surface area contributed by atoms with Gasteiger partial charge in [-0.1, -0.05) is 12.1 Å². The standard InChI is InChI=1S/C15H16FN3OS2/c16-11-3-1-2-10(6-11)13-9-22-15(18-13)19-14(20)7-12-8-21-5-4-17-12/h1-3,6,9,12,17H,4-5,7-8H2,(H,18,19,20). The van der Waals surface area contributed by atoms with E-state index in [-0.39, 0.29) is 17.8 Å². The molecule has 1 aromatic heterocycles. The van der Waals surface area contributed by atoms with Gasteiger partial charge < -0.3 is 10.6 Å². The van der Waals surface area contributed by atoms with Gasteiger partial charge in [0.1, 0.15) is 5.82 Å². The van der Waals surface area contributed by atoms with E-state index in [0.717, 1.165) is 18.1 Å². The quantitative estimate of drug-likeness (QED) is 0.901. The molecule has 4 nitrogen and oxygen atoms in total. The van der Waals surface area contributed by atoms with E-state index in [1.54, 1.807) is 12.1 Å². The summed E-state index contributed by atoms with van der Waals surface area (Å²) < 4.78 is 13.2. The second kappa shape index (κ2) is 7.21. The maximum Gasteiger partial charge on any atom is 0.227 e. The molecule has 1 fully saturated rings. The number of aromatic nitrogens is 1. The van der Waals surface area contributed by atoms with Gasteiger partial charge in [0.15, 0.2) is 5.13 Å². The van der Waals surface area contributed by atoms with E-state index in [9.17, 15) is 9.18 Å². The molecule has 1 atom stereocenters. The molecule has 0 aliphatic carbocycles. The molecule has 0 bridgehead atoms. The number of amides is 1. The van der Waals surface area contributed by atoms with Crippen molar-refractivity contribution in [3.8, 4) is 11.3 Å². The molecule has 1 aliphatic rings. The van der Waals surface area contributed by atoms with E-state index in [0.29, 0.717) is 22.8 Å². The minimum Gasteiger partial charge on any atom is -0.312 e. The fraction of sp³-hybridized carbons (Fsp3) is 0.333. The largest absolute Gasteiger partial charge is 0.312 e. The van der Waals surface area contributed by atoms with E-state index < -0.39 is 0 Å². The Morgan fingerprint density at radius 1 is 1.50 bits per heavy atom. The number of carbonyl (C=O) groups is 1. The van der Waals surface area contributed by atoms with Crippen LogP contribution in [0.5, 0.6) is 0 Å². The zero-order valence-electron chi connectivity index (χ0n) is 11.8. The number of hydrogen-bond donors (Lipinski definition) is 2. The minimum atomic E-state index is -0.294. The lowest BCUT2D eigenvalue weighted by Gasteiger charge is -2.22. The zero-order valence-corrected chi connectivity index (χ0v) is 13.5. The molecular formula is C15H16FN3OS2.